The van der Waals surface area contributed by atoms with E-state index in [9.17, 15) is 4.79 Å². The van der Waals surface area contributed by atoms with Crippen LogP contribution in [0.4, 0.5) is 5.69 Å². The minimum Gasteiger partial charge on any atom is -0.490 e. The topological polar surface area (TPSA) is 69.5 Å². The van der Waals surface area contributed by atoms with Crippen LogP contribution in [0.5, 0.6) is 11.6 Å². The first kappa shape index (κ1) is 17.1. The van der Waals surface area contributed by atoms with Gasteiger partial charge in [0.25, 0.3) is 5.91 Å². The quantitative estimate of drug-likeness (QED) is 0.711. The van der Waals surface area contributed by atoms with E-state index in [2.05, 4.69) is 10.1 Å². The number of hydrogen-bond acceptors (Lipinski definition) is 5. The summed E-state index contributed by atoms with van der Waals surface area (Å²) in [5.41, 5.74) is 1.76. The van der Waals surface area contributed by atoms with E-state index < -0.39 is 0 Å². The van der Waals surface area contributed by atoms with E-state index in [1.54, 1.807) is 28.0 Å². The predicted octanol–water partition coefficient (Wildman–Crippen LogP) is 3.09. The highest BCUT2D eigenvalue weighted by molar-refractivity contribution is 6.07. The van der Waals surface area contributed by atoms with Crippen molar-refractivity contribution in [2.75, 3.05) is 18.1 Å². The van der Waals surface area contributed by atoms with Crippen molar-refractivity contribution in [2.24, 2.45) is 0 Å². The molecule has 1 aliphatic rings. The lowest BCUT2D eigenvalue weighted by Crippen LogP contribution is -2.43. The molecule has 1 aromatic carbocycles. The van der Waals surface area contributed by atoms with Gasteiger partial charge in [-0.25, -0.2) is 9.67 Å². The number of ether oxygens (including phenoxy) is 2. The lowest BCUT2D eigenvalue weighted by Gasteiger charge is -2.32. The molecule has 0 aliphatic carbocycles. The van der Waals surface area contributed by atoms with Gasteiger partial charge in [0.1, 0.15) is 11.8 Å². The molecule has 0 unspecified atom stereocenters. The Balaban J connectivity index is 1.74. The van der Waals surface area contributed by atoms with E-state index in [-0.39, 0.29) is 17.7 Å². The summed E-state index contributed by atoms with van der Waals surface area (Å²) in [6, 6.07) is 13.2. The van der Waals surface area contributed by atoms with Crippen LogP contribution in [0.15, 0.2) is 54.9 Å². The number of aromatic nitrogens is 3. The van der Waals surface area contributed by atoms with E-state index in [0.29, 0.717) is 30.5 Å². The predicted molar refractivity (Wildman–Crippen MR) is 101 cm³/mol. The molecule has 1 atom stereocenters. The minimum atomic E-state index is -0.238. The lowest BCUT2D eigenvalue weighted by atomic mass is 10.2. The number of pyridine rings is 1. The van der Waals surface area contributed by atoms with Gasteiger partial charge in [0.2, 0.25) is 5.88 Å². The van der Waals surface area contributed by atoms with E-state index in [0.717, 1.165) is 5.69 Å². The van der Waals surface area contributed by atoms with Gasteiger partial charge < -0.3 is 9.47 Å². The zero-order chi connectivity index (χ0) is 18.8. The van der Waals surface area contributed by atoms with Gasteiger partial charge in [-0.1, -0.05) is 18.2 Å². The number of carbonyl (C=O) groups excluding carboxylic acids is 1. The molecule has 1 amide bonds. The molecule has 0 spiro atoms. The number of fused-ring (bicyclic) bond motifs is 1. The molecule has 27 heavy (non-hydrogen) atoms. The summed E-state index contributed by atoms with van der Waals surface area (Å²) in [4.78, 5) is 19.2. The number of anilines is 1. The van der Waals surface area contributed by atoms with Gasteiger partial charge in [-0.05, 0) is 38.1 Å². The Morgan fingerprint density at radius 1 is 1.26 bits per heavy atom. The van der Waals surface area contributed by atoms with Crippen LogP contribution < -0.4 is 14.4 Å². The largest absolute Gasteiger partial charge is 0.490 e. The molecule has 7 nitrogen and oxygen atoms in total. The first-order chi connectivity index (χ1) is 13.2. The fraction of sp³-hybridized carbons (Fsp3) is 0.250. The number of nitrogens with zero attached hydrogens (tertiary/aromatic N) is 4. The Labute approximate surface area is 157 Å². The SMILES string of the molecule is CCOc1cn(-c2ccccc2)nc1C(=O)N1C[C@H](C)Oc2ncccc21. The second-order valence-corrected chi connectivity index (χ2v) is 6.23. The van der Waals surface area contributed by atoms with Crippen molar-refractivity contribution >= 4 is 11.6 Å². The number of carbonyl (C=O) groups is 1. The van der Waals surface area contributed by atoms with Crippen molar-refractivity contribution in [3.8, 4) is 17.3 Å². The molecule has 2 aromatic heterocycles. The van der Waals surface area contributed by atoms with Gasteiger partial charge in [0.15, 0.2) is 11.4 Å². The summed E-state index contributed by atoms with van der Waals surface area (Å²) in [7, 11) is 0. The third-order valence-corrected chi connectivity index (χ3v) is 4.24. The summed E-state index contributed by atoms with van der Waals surface area (Å²) >= 11 is 0. The molecule has 0 saturated carbocycles. The fourth-order valence-electron chi connectivity index (χ4n) is 3.06. The molecular formula is C20H20N4O3. The molecular weight excluding hydrogens is 344 g/mol. The van der Waals surface area contributed by atoms with Gasteiger partial charge in [-0.3, -0.25) is 9.69 Å². The Hall–Kier alpha value is -3.35. The van der Waals surface area contributed by atoms with Crippen LogP contribution in [0.25, 0.3) is 5.69 Å². The molecule has 0 bridgehead atoms. The molecule has 4 rings (SSSR count). The second-order valence-electron chi connectivity index (χ2n) is 6.23. The van der Waals surface area contributed by atoms with E-state index >= 15 is 0 Å². The van der Waals surface area contributed by atoms with Gasteiger partial charge in [-0.2, -0.15) is 5.10 Å². The van der Waals surface area contributed by atoms with Gasteiger partial charge in [-0.15, -0.1) is 0 Å². The van der Waals surface area contributed by atoms with Gasteiger partial charge >= 0.3 is 0 Å². The Morgan fingerprint density at radius 3 is 2.85 bits per heavy atom. The van der Waals surface area contributed by atoms with Crippen LogP contribution in [0, 0.1) is 0 Å². The van der Waals surface area contributed by atoms with Crippen LogP contribution in [-0.2, 0) is 0 Å². The highest BCUT2D eigenvalue weighted by atomic mass is 16.5. The first-order valence-electron chi connectivity index (χ1n) is 8.88. The summed E-state index contributed by atoms with van der Waals surface area (Å²) in [5, 5.41) is 4.51. The average Bonchev–Trinajstić information content (AvgIpc) is 3.11. The number of benzene rings is 1. The molecule has 0 radical (unpaired) electrons. The first-order valence-corrected chi connectivity index (χ1v) is 8.88. The standard InChI is InChI=1S/C20H20N4O3/c1-3-26-17-13-24(15-8-5-4-6-9-15)22-18(17)20(25)23-12-14(2)27-19-16(23)10-7-11-21-19/h4-11,13-14H,3,12H2,1-2H3/t14-/m0/s1. The lowest BCUT2D eigenvalue weighted by molar-refractivity contribution is 0.0950. The maximum Gasteiger partial charge on any atom is 0.282 e. The van der Waals surface area contributed by atoms with Crippen LogP contribution in [-0.4, -0.2) is 39.9 Å². The van der Waals surface area contributed by atoms with Crippen molar-refractivity contribution in [3.05, 3.63) is 60.6 Å². The zero-order valence-corrected chi connectivity index (χ0v) is 15.2. The van der Waals surface area contributed by atoms with Crippen LogP contribution in [0.1, 0.15) is 24.3 Å². The Morgan fingerprint density at radius 2 is 2.07 bits per heavy atom. The van der Waals surface area contributed by atoms with Crippen LogP contribution in [0.2, 0.25) is 0 Å². The zero-order valence-electron chi connectivity index (χ0n) is 15.2. The number of para-hydroxylation sites is 1. The Bertz CT molecular complexity index is 955. The fourth-order valence-corrected chi connectivity index (χ4v) is 3.06. The van der Waals surface area contributed by atoms with E-state index in [4.69, 9.17) is 9.47 Å². The minimum absolute atomic E-state index is 0.164. The third-order valence-electron chi connectivity index (χ3n) is 4.24. The van der Waals surface area contributed by atoms with Gasteiger partial charge in [0.05, 0.1) is 25.0 Å². The normalized spacial score (nSPS) is 15.8. The van der Waals surface area contributed by atoms with Crippen molar-refractivity contribution in [3.63, 3.8) is 0 Å². The summed E-state index contributed by atoms with van der Waals surface area (Å²) < 4.78 is 13.1. The molecule has 138 valence electrons. The molecule has 7 heteroatoms. The molecule has 3 aromatic rings. The molecule has 0 saturated heterocycles. The highest BCUT2D eigenvalue weighted by Gasteiger charge is 2.32. The molecule has 0 N–H and O–H groups in total. The van der Waals surface area contributed by atoms with Crippen LogP contribution in [0.3, 0.4) is 0 Å². The highest BCUT2D eigenvalue weighted by Crippen LogP contribution is 2.33. The van der Waals surface area contributed by atoms with Crippen LogP contribution >= 0.6 is 0 Å². The number of hydrogen-bond donors (Lipinski definition) is 0. The van der Waals surface area contributed by atoms with Crippen molar-refractivity contribution < 1.29 is 14.3 Å². The van der Waals surface area contributed by atoms with Crippen molar-refractivity contribution in [1.29, 1.82) is 0 Å². The average molecular weight is 364 g/mol. The molecule has 3 heterocycles. The summed E-state index contributed by atoms with van der Waals surface area (Å²) in [6.45, 7) is 4.65. The van der Waals surface area contributed by atoms with E-state index in [1.165, 1.54) is 0 Å². The second kappa shape index (κ2) is 7.11. The van der Waals surface area contributed by atoms with E-state index in [1.807, 2.05) is 50.2 Å². The maximum absolute atomic E-state index is 13.3. The monoisotopic (exact) mass is 364 g/mol. The summed E-state index contributed by atoms with van der Waals surface area (Å²) in [5.74, 6) is 0.665. The molecule has 1 aliphatic heterocycles. The maximum atomic E-state index is 13.3. The van der Waals surface area contributed by atoms with Crippen molar-refractivity contribution in [1.82, 2.24) is 14.8 Å². The number of rotatable bonds is 4. The van der Waals surface area contributed by atoms with Crippen molar-refractivity contribution in [2.45, 2.75) is 20.0 Å². The Kier molecular flexibility index (Phi) is 4.50. The number of amides is 1. The summed E-state index contributed by atoms with van der Waals surface area (Å²) in [6.07, 6.45) is 3.22. The van der Waals surface area contributed by atoms with Gasteiger partial charge in [0, 0.05) is 6.20 Å². The third kappa shape index (κ3) is 3.23. The molecule has 0 fully saturated rings. The smallest absolute Gasteiger partial charge is 0.282 e.